The van der Waals surface area contributed by atoms with Gasteiger partial charge in [-0.05, 0) is 12.5 Å². The zero-order chi connectivity index (χ0) is 10.1. The van der Waals surface area contributed by atoms with Gasteiger partial charge in [0.1, 0.15) is 5.84 Å². The van der Waals surface area contributed by atoms with Gasteiger partial charge < -0.3 is 11.1 Å². The van der Waals surface area contributed by atoms with Crippen molar-refractivity contribution < 1.29 is 4.79 Å². The highest BCUT2D eigenvalue weighted by molar-refractivity contribution is 5.92. The third-order valence-electron chi connectivity index (χ3n) is 1.42. The summed E-state index contributed by atoms with van der Waals surface area (Å²) in [6.07, 6.45) is 4.64. The van der Waals surface area contributed by atoms with Crippen LogP contribution in [-0.2, 0) is 4.79 Å². The van der Waals surface area contributed by atoms with E-state index < -0.39 is 0 Å². The standard InChI is InChI=1S/C9H17N3O/c1-3-7-12-9(13)6-4-5-8(10)11-2/h4-5H,3,6-7H2,1-2H3,(H2,10,11)(H,12,13)/b5-4-. The highest BCUT2D eigenvalue weighted by atomic mass is 16.1. The molecule has 0 radical (unpaired) electrons. The number of amidine groups is 1. The Morgan fingerprint density at radius 2 is 2.31 bits per heavy atom. The van der Waals surface area contributed by atoms with Gasteiger partial charge in [0.15, 0.2) is 0 Å². The second kappa shape index (κ2) is 7.34. The van der Waals surface area contributed by atoms with E-state index in [9.17, 15) is 4.79 Å². The van der Waals surface area contributed by atoms with Crippen LogP contribution in [0, 0.1) is 0 Å². The fourth-order valence-corrected chi connectivity index (χ4v) is 0.698. The minimum Gasteiger partial charge on any atom is -0.384 e. The molecule has 0 fully saturated rings. The third-order valence-corrected chi connectivity index (χ3v) is 1.42. The summed E-state index contributed by atoms with van der Waals surface area (Å²) in [5.74, 6) is 0.449. The zero-order valence-electron chi connectivity index (χ0n) is 8.21. The van der Waals surface area contributed by atoms with Crippen molar-refractivity contribution in [2.75, 3.05) is 13.6 Å². The Labute approximate surface area is 78.9 Å². The summed E-state index contributed by atoms with van der Waals surface area (Å²) in [5, 5.41) is 2.75. The Hall–Kier alpha value is -1.32. The van der Waals surface area contributed by atoms with E-state index in [-0.39, 0.29) is 5.91 Å². The molecule has 0 spiro atoms. The van der Waals surface area contributed by atoms with Crippen LogP contribution in [-0.4, -0.2) is 25.3 Å². The molecule has 0 saturated heterocycles. The predicted molar refractivity (Wildman–Crippen MR) is 54.6 cm³/mol. The first-order chi connectivity index (χ1) is 6.20. The molecule has 0 aromatic carbocycles. The molecule has 0 atom stereocenters. The molecule has 0 heterocycles. The molecule has 1 amide bonds. The Morgan fingerprint density at radius 1 is 1.62 bits per heavy atom. The van der Waals surface area contributed by atoms with Crippen LogP contribution in [0.2, 0.25) is 0 Å². The van der Waals surface area contributed by atoms with Gasteiger partial charge in [-0.15, -0.1) is 0 Å². The molecule has 0 unspecified atom stereocenters. The van der Waals surface area contributed by atoms with E-state index in [4.69, 9.17) is 5.73 Å². The molecule has 0 aliphatic heterocycles. The van der Waals surface area contributed by atoms with E-state index in [1.807, 2.05) is 6.92 Å². The summed E-state index contributed by atoms with van der Waals surface area (Å²) < 4.78 is 0. The summed E-state index contributed by atoms with van der Waals surface area (Å²) in [4.78, 5) is 14.8. The van der Waals surface area contributed by atoms with Crippen LogP contribution in [0.25, 0.3) is 0 Å². The third kappa shape index (κ3) is 7.05. The van der Waals surface area contributed by atoms with Crippen molar-refractivity contribution in [3.8, 4) is 0 Å². The molecular weight excluding hydrogens is 166 g/mol. The predicted octanol–water partition coefficient (Wildman–Crippen LogP) is 0.446. The molecule has 0 aromatic rings. The van der Waals surface area contributed by atoms with E-state index >= 15 is 0 Å². The molecule has 0 bridgehead atoms. The Kier molecular flexibility index (Phi) is 6.59. The van der Waals surface area contributed by atoms with Crippen LogP contribution >= 0.6 is 0 Å². The average molecular weight is 183 g/mol. The molecule has 0 aliphatic rings. The molecule has 3 N–H and O–H groups in total. The minimum absolute atomic E-state index is 0.0157. The van der Waals surface area contributed by atoms with E-state index in [1.165, 1.54) is 0 Å². The first kappa shape index (κ1) is 11.7. The van der Waals surface area contributed by atoms with Crippen LogP contribution in [0.5, 0.6) is 0 Å². The van der Waals surface area contributed by atoms with Gasteiger partial charge >= 0.3 is 0 Å². The van der Waals surface area contributed by atoms with Crippen LogP contribution < -0.4 is 11.1 Å². The largest absolute Gasteiger partial charge is 0.384 e. The average Bonchev–Trinajstić information content (AvgIpc) is 2.14. The van der Waals surface area contributed by atoms with Crippen molar-refractivity contribution in [3.63, 3.8) is 0 Å². The Morgan fingerprint density at radius 3 is 2.85 bits per heavy atom. The minimum atomic E-state index is 0.0157. The summed E-state index contributed by atoms with van der Waals surface area (Å²) in [6.45, 7) is 2.74. The topological polar surface area (TPSA) is 67.5 Å². The van der Waals surface area contributed by atoms with E-state index in [2.05, 4.69) is 10.3 Å². The lowest BCUT2D eigenvalue weighted by Crippen LogP contribution is -2.23. The maximum atomic E-state index is 11.0. The Bertz CT molecular complexity index is 209. The molecule has 4 nitrogen and oxygen atoms in total. The number of nitrogens with two attached hydrogens (primary N) is 1. The van der Waals surface area contributed by atoms with Gasteiger partial charge in [0, 0.05) is 20.0 Å². The van der Waals surface area contributed by atoms with Crippen molar-refractivity contribution >= 4 is 11.7 Å². The Balaban J connectivity index is 3.63. The lowest BCUT2D eigenvalue weighted by atomic mass is 10.3. The number of rotatable bonds is 5. The van der Waals surface area contributed by atoms with Crippen molar-refractivity contribution in [1.82, 2.24) is 5.32 Å². The van der Waals surface area contributed by atoms with Gasteiger partial charge in [-0.2, -0.15) is 0 Å². The van der Waals surface area contributed by atoms with Crippen LogP contribution in [0.15, 0.2) is 17.1 Å². The number of carbonyl (C=O) groups is 1. The van der Waals surface area contributed by atoms with Crippen molar-refractivity contribution in [3.05, 3.63) is 12.2 Å². The smallest absolute Gasteiger partial charge is 0.223 e. The first-order valence-electron chi connectivity index (χ1n) is 4.36. The van der Waals surface area contributed by atoms with Crippen molar-refractivity contribution in [1.29, 1.82) is 0 Å². The fourth-order valence-electron chi connectivity index (χ4n) is 0.698. The number of hydrogen-bond donors (Lipinski definition) is 2. The number of amides is 1. The zero-order valence-corrected chi connectivity index (χ0v) is 8.21. The van der Waals surface area contributed by atoms with E-state index in [1.54, 1.807) is 19.2 Å². The number of nitrogens with zero attached hydrogens (tertiary/aromatic N) is 1. The van der Waals surface area contributed by atoms with E-state index in [0.29, 0.717) is 12.3 Å². The molecule has 0 aromatic heterocycles. The molecule has 74 valence electrons. The summed E-state index contributed by atoms with van der Waals surface area (Å²) >= 11 is 0. The fraction of sp³-hybridized carbons (Fsp3) is 0.556. The maximum Gasteiger partial charge on any atom is 0.223 e. The highest BCUT2D eigenvalue weighted by Gasteiger charge is 1.94. The lowest BCUT2D eigenvalue weighted by molar-refractivity contribution is -0.120. The lowest BCUT2D eigenvalue weighted by Gasteiger charge is -1.98. The number of aliphatic imine (C=N–C) groups is 1. The van der Waals surface area contributed by atoms with Gasteiger partial charge in [0.2, 0.25) is 5.91 Å². The molecule has 4 heteroatoms. The maximum absolute atomic E-state index is 11.0. The summed E-state index contributed by atoms with van der Waals surface area (Å²) in [5.41, 5.74) is 5.39. The summed E-state index contributed by atoms with van der Waals surface area (Å²) in [6, 6.07) is 0. The van der Waals surface area contributed by atoms with Gasteiger partial charge in [-0.25, -0.2) is 0 Å². The van der Waals surface area contributed by atoms with Gasteiger partial charge in [-0.1, -0.05) is 13.0 Å². The van der Waals surface area contributed by atoms with E-state index in [0.717, 1.165) is 13.0 Å². The molecular formula is C9H17N3O. The highest BCUT2D eigenvalue weighted by Crippen LogP contribution is 1.84. The van der Waals surface area contributed by atoms with Crippen LogP contribution in [0.3, 0.4) is 0 Å². The molecule has 0 aliphatic carbocycles. The van der Waals surface area contributed by atoms with Gasteiger partial charge in [0.25, 0.3) is 0 Å². The number of hydrogen-bond acceptors (Lipinski definition) is 2. The first-order valence-corrected chi connectivity index (χ1v) is 4.36. The quantitative estimate of drug-likeness (QED) is 0.480. The molecule has 0 saturated carbocycles. The number of carbonyl (C=O) groups excluding carboxylic acids is 1. The van der Waals surface area contributed by atoms with Crippen LogP contribution in [0.1, 0.15) is 19.8 Å². The second-order valence-corrected chi connectivity index (χ2v) is 2.60. The monoisotopic (exact) mass is 183 g/mol. The van der Waals surface area contributed by atoms with Gasteiger partial charge in [-0.3, -0.25) is 9.79 Å². The molecule has 0 rings (SSSR count). The summed E-state index contributed by atoms with van der Waals surface area (Å²) in [7, 11) is 1.61. The molecule has 13 heavy (non-hydrogen) atoms. The SMILES string of the molecule is CCCNC(=O)C/C=C\C(N)=NC. The van der Waals surface area contributed by atoms with Crippen molar-refractivity contribution in [2.45, 2.75) is 19.8 Å². The van der Waals surface area contributed by atoms with Gasteiger partial charge in [0.05, 0.1) is 0 Å². The normalized spacial score (nSPS) is 12.0. The van der Waals surface area contributed by atoms with Crippen molar-refractivity contribution in [2.24, 2.45) is 10.7 Å². The second-order valence-electron chi connectivity index (χ2n) is 2.60. The number of nitrogens with one attached hydrogen (secondary N) is 1. The van der Waals surface area contributed by atoms with Crippen LogP contribution in [0.4, 0.5) is 0 Å².